The van der Waals surface area contributed by atoms with Crippen molar-refractivity contribution in [2.75, 3.05) is 0 Å². The van der Waals surface area contributed by atoms with Gasteiger partial charge in [0.05, 0.1) is 23.6 Å². The largest absolute Gasteiger partial charge is 0.417 e. The summed E-state index contributed by atoms with van der Waals surface area (Å²) < 4.78 is 77.1. The summed E-state index contributed by atoms with van der Waals surface area (Å²) in [5, 5.41) is 6.53. The van der Waals surface area contributed by atoms with E-state index >= 15 is 0 Å². The number of rotatable bonds is 4. The van der Waals surface area contributed by atoms with Gasteiger partial charge in [-0.1, -0.05) is 36.4 Å². The fraction of sp³-hybridized carbons (Fsp3) is 0.111. The Morgan fingerprint density at radius 1 is 0.667 bits per heavy atom. The molecule has 0 bridgehead atoms. The molecule has 0 aliphatic rings. The highest BCUT2D eigenvalue weighted by Gasteiger charge is 2.33. The number of alkyl halides is 6. The van der Waals surface area contributed by atoms with Crippen LogP contribution in [0.2, 0.25) is 0 Å². The van der Waals surface area contributed by atoms with Crippen LogP contribution < -0.4 is 10.9 Å². The second-order valence-corrected chi connectivity index (χ2v) is 5.57. The van der Waals surface area contributed by atoms with Gasteiger partial charge in [-0.2, -0.15) is 36.5 Å². The number of nitrogens with zero attached hydrogens (tertiary/aromatic N) is 2. The van der Waals surface area contributed by atoms with Gasteiger partial charge in [0.25, 0.3) is 0 Å². The van der Waals surface area contributed by atoms with Crippen LogP contribution in [0, 0.1) is 0 Å². The molecule has 0 spiro atoms. The maximum Gasteiger partial charge on any atom is 0.417 e. The molecule has 6 nitrogen and oxygen atoms in total. The number of nitrogens with one attached hydrogen (secondary N) is 2. The Morgan fingerprint density at radius 2 is 1.00 bits per heavy atom. The third-order valence-corrected chi connectivity index (χ3v) is 3.48. The highest BCUT2D eigenvalue weighted by Crippen LogP contribution is 2.31. The Morgan fingerprint density at radius 3 is 1.33 bits per heavy atom. The molecule has 0 radical (unpaired) electrons. The third kappa shape index (κ3) is 6.15. The molecule has 158 valence electrons. The minimum atomic E-state index is -4.65. The molecule has 0 heterocycles. The Hall–Kier alpha value is -3.70. The van der Waals surface area contributed by atoms with Crippen molar-refractivity contribution in [2.24, 2.45) is 10.2 Å². The summed E-state index contributed by atoms with van der Waals surface area (Å²) in [4.78, 5) is 23.1. The van der Waals surface area contributed by atoms with Crippen LogP contribution in [-0.4, -0.2) is 24.2 Å². The number of hydrogen-bond acceptors (Lipinski definition) is 4. The lowest BCUT2D eigenvalue weighted by Gasteiger charge is -2.09. The average molecular weight is 430 g/mol. The molecule has 0 fully saturated rings. The summed E-state index contributed by atoms with van der Waals surface area (Å²) in [7, 11) is 0. The molecule has 12 heteroatoms. The van der Waals surface area contributed by atoms with Crippen LogP contribution in [-0.2, 0) is 21.9 Å². The Kier molecular flexibility index (Phi) is 6.93. The fourth-order valence-electron chi connectivity index (χ4n) is 2.16. The van der Waals surface area contributed by atoms with Gasteiger partial charge in [-0.25, -0.2) is 10.9 Å². The summed E-state index contributed by atoms with van der Waals surface area (Å²) in [6, 6.07) is 8.79. The Balaban J connectivity index is 1.98. The summed E-state index contributed by atoms with van der Waals surface area (Å²) in [5.41, 5.74) is 0.675. The minimum absolute atomic E-state index is 0.354. The topological polar surface area (TPSA) is 82.9 Å². The summed E-state index contributed by atoms with van der Waals surface area (Å²) in [6.07, 6.45) is -7.91. The lowest BCUT2D eigenvalue weighted by atomic mass is 10.1. The quantitative estimate of drug-likeness (QED) is 0.338. The third-order valence-electron chi connectivity index (χ3n) is 3.48. The van der Waals surface area contributed by atoms with Crippen molar-refractivity contribution in [1.82, 2.24) is 10.9 Å². The van der Waals surface area contributed by atoms with Gasteiger partial charge >= 0.3 is 24.2 Å². The molecule has 0 atom stereocenters. The van der Waals surface area contributed by atoms with Crippen molar-refractivity contribution in [3.05, 3.63) is 70.8 Å². The number of halogens is 6. The van der Waals surface area contributed by atoms with E-state index in [0.29, 0.717) is 12.4 Å². The molecule has 0 aromatic heterocycles. The molecule has 2 aromatic carbocycles. The van der Waals surface area contributed by atoms with Crippen molar-refractivity contribution in [2.45, 2.75) is 12.4 Å². The second-order valence-electron chi connectivity index (χ2n) is 5.57. The van der Waals surface area contributed by atoms with Gasteiger partial charge in [0, 0.05) is 11.1 Å². The predicted molar refractivity (Wildman–Crippen MR) is 94.4 cm³/mol. The van der Waals surface area contributed by atoms with Crippen molar-refractivity contribution in [3.8, 4) is 0 Å². The highest BCUT2D eigenvalue weighted by atomic mass is 19.4. The first-order chi connectivity index (χ1) is 14.0. The minimum Gasteiger partial charge on any atom is -0.262 e. The molecule has 0 saturated heterocycles. The Labute approximate surface area is 165 Å². The van der Waals surface area contributed by atoms with Gasteiger partial charge in [0.1, 0.15) is 0 Å². The lowest BCUT2D eigenvalue weighted by molar-refractivity contribution is -0.139. The molecule has 0 unspecified atom stereocenters. The van der Waals surface area contributed by atoms with Crippen molar-refractivity contribution in [3.63, 3.8) is 0 Å². The maximum absolute atomic E-state index is 12.8. The molecular formula is C18H12F6N4O2. The number of carbonyl (C=O) groups excluding carboxylic acids is 2. The number of carbonyl (C=O) groups is 2. The van der Waals surface area contributed by atoms with E-state index in [2.05, 4.69) is 10.2 Å². The molecular weight excluding hydrogens is 418 g/mol. The molecule has 30 heavy (non-hydrogen) atoms. The standard InChI is InChI=1S/C18H12F6N4O2/c19-17(20,21)13-7-3-1-5-11(13)9-25-27-15(29)16(30)28-26-10-12-6-2-4-8-14(12)18(22,23)24/h1-10H,(H,27,29)(H,28,30)/b25-9-,26-10-. The van der Waals surface area contributed by atoms with Crippen LogP contribution in [0.1, 0.15) is 22.3 Å². The van der Waals surface area contributed by atoms with Crippen molar-refractivity contribution >= 4 is 24.2 Å². The van der Waals surface area contributed by atoms with Crippen LogP contribution in [0.3, 0.4) is 0 Å². The van der Waals surface area contributed by atoms with Gasteiger partial charge in [0.2, 0.25) is 0 Å². The summed E-state index contributed by atoms with van der Waals surface area (Å²) in [5.74, 6) is -2.78. The van der Waals surface area contributed by atoms with Crippen LogP contribution in [0.4, 0.5) is 26.3 Å². The van der Waals surface area contributed by atoms with E-state index in [4.69, 9.17) is 0 Å². The van der Waals surface area contributed by atoms with Crippen LogP contribution in [0.5, 0.6) is 0 Å². The first kappa shape index (κ1) is 22.6. The fourth-order valence-corrected chi connectivity index (χ4v) is 2.16. The SMILES string of the molecule is O=C(N/N=C\c1ccccc1C(F)(F)F)C(=O)N/N=C\c1ccccc1C(F)(F)F. The number of benzene rings is 2. The average Bonchev–Trinajstić information content (AvgIpc) is 2.67. The molecule has 2 amide bonds. The Bertz CT molecular complexity index is 904. The zero-order valence-electron chi connectivity index (χ0n) is 14.8. The first-order valence-corrected chi connectivity index (χ1v) is 7.99. The second kappa shape index (κ2) is 9.20. The molecule has 2 aromatic rings. The van der Waals surface area contributed by atoms with Crippen molar-refractivity contribution in [1.29, 1.82) is 0 Å². The highest BCUT2D eigenvalue weighted by molar-refractivity contribution is 6.35. The molecule has 2 N–H and O–H groups in total. The van der Waals surface area contributed by atoms with Crippen LogP contribution in [0.25, 0.3) is 0 Å². The van der Waals surface area contributed by atoms with Gasteiger partial charge in [-0.15, -0.1) is 0 Å². The smallest absolute Gasteiger partial charge is 0.262 e. The normalized spacial score (nSPS) is 12.3. The number of hydrazone groups is 2. The van der Waals surface area contributed by atoms with Gasteiger partial charge in [-0.3, -0.25) is 9.59 Å². The molecule has 2 rings (SSSR count). The van der Waals surface area contributed by atoms with E-state index in [1.807, 2.05) is 0 Å². The first-order valence-electron chi connectivity index (χ1n) is 7.99. The van der Waals surface area contributed by atoms with E-state index in [1.165, 1.54) is 24.3 Å². The van der Waals surface area contributed by atoms with Crippen molar-refractivity contribution < 1.29 is 35.9 Å². The van der Waals surface area contributed by atoms with E-state index in [9.17, 15) is 35.9 Å². The van der Waals surface area contributed by atoms with E-state index in [1.54, 1.807) is 10.9 Å². The monoisotopic (exact) mass is 430 g/mol. The van der Waals surface area contributed by atoms with Crippen LogP contribution >= 0.6 is 0 Å². The summed E-state index contributed by atoms with van der Waals surface area (Å²) >= 11 is 0. The molecule has 0 aliphatic heterocycles. The van der Waals surface area contributed by atoms with E-state index in [0.717, 1.165) is 24.3 Å². The van der Waals surface area contributed by atoms with E-state index in [-0.39, 0.29) is 11.1 Å². The van der Waals surface area contributed by atoms with Crippen LogP contribution in [0.15, 0.2) is 58.7 Å². The number of hydrogen-bond donors (Lipinski definition) is 2. The van der Waals surface area contributed by atoms with Gasteiger partial charge in [0.15, 0.2) is 0 Å². The zero-order valence-corrected chi connectivity index (χ0v) is 14.8. The van der Waals surface area contributed by atoms with Gasteiger partial charge < -0.3 is 0 Å². The lowest BCUT2D eigenvalue weighted by Crippen LogP contribution is -2.35. The predicted octanol–water partition coefficient (Wildman–Crippen LogP) is 3.32. The summed E-state index contributed by atoms with van der Waals surface area (Å²) in [6.45, 7) is 0. The number of amides is 2. The molecule has 0 saturated carbocycles. The molecule has 0 aliphatic carbocycles. The maximum atomic E-state index is 12.8. The van der Waals surface area contributed by atoms with E-state index < -0.39 is 35.3 Å². The van der Waals surface area contributed by atoms with Gasteiger partial charge in [-0.05, 0) is 12.1 Å². The zero-order chi connectivity index (χ0) is 22.4.